The van der Waals surface area contributed by atoms with E-state index in [9.17, 15) is 51.1 Å². The molecular weight excluding hydrogens is 640 g/mol. The molecule has 0 aromatic heterocycles. The van der Waals surface area contributed by atoms with E-state index in [2.05, 4.69) is 13.5 Å². The summed E-state index contributed by atoms with van der Waals surface area (Å²) in [5.41, 5.74) is -2.03. The van der Waals surface area contributed by atoms with Crippen molar-refractivity contribution in [2.75, 3.05) is 26.4 Å². The lowest BCUT2D eigenvalue weighted by molar-refractivity contribution is -0.331. The third-order valence-electron chi connectivity index (χ3n) is 11.4. The van der Waals surface area contributed by atoms with Crippen molar-refractivity contribution in [3.8, 4) is 0 Å². The van der Waals surface area contributed by atoms with Crippen LogP contribution in [0.2, 0.25) is 0 Å². The van der Waals surface area contributed by atoms with Gasteiger partial charge >= 0.3 is 0 Å². The zero-order valence-electron chi connectivity index (χ0n) is 27.7. The Morgan fingerprint density at radius 2 is 1.50 bits per heavy atom. The van der Waals surface area contributed by atoms with Crippen molar-refractivity contribution in [3.05, 3.63) is 12.2 Å². The van der Waals surface area contributed by atoms with Gasteiger partial charge < -0.3 is 79.5 Å². The molecule has 5 rings (SSSR count). The second-order valence-corrected chi connectivity index (χ2v) is 15.2. The van der Waals surface area contributed by atoms with Gasteiger partial charge in [-0.2, -0.15) is 0 Å². The Morgan fingerprint density at radius 3 is 2.12 bits per heavy atom. The minimum atomic E-state index is -1.90. The van der Waals surface area contributed by atoms with Crippen molar-refractivity contribution < 1.29 is 79.5 Å². The molecule has 16 heteroatoms. The van der Waals surface area contributed by atoms with E-state index in [1.165, 1.54) is 0 Å². The summed E-state index contributed by atoms with van der Waals surface area (Å²) in [5, 5.41) is 102. The summed E-state index contributed by atoms with van der Waals surface area (Å²) in [7, 11) is 0. The Balaban J connectivity index is 1.18. The van der Waals surface area contributed by atoms with Crippen molar-refractivity contribution >= 4 is 0 Å². The van der Waals surface area contributed by atoms with Gasteiger partial charge in [0.25, 0.3) is 0 Å². The highest BCUT2D eigenvalue weighted by atomic mass is 16.7. The second kappa shape index (κ2) is 14.6. The predicted molar refractivity (Wildman–Crippen MR) is 162 cm³/mol. The molecule has 17 atom stereocenters. The fourth-order valence-electron chi connectivity index (χ4n) is 8.06. The molecule has 278 valence electrons. The monoisotopic (exact) mass is 694 g/mol. The molecule has 5 aliphatic rings. The molecule has 16 nitrogen and oxygen atoms in total. The molecule has 0 radical (unpaired) electrons. The maximum atomic E-state index is 10.7. The zero-order valence-corrected chi connectivity index (χ0v) is 27.7. The highest BCUT2D eigenvalue weighted by Gasteiger charge is 2.54. The maximum Gasteiger partial charge on any atom is 0.187 e. The fraction of sp³-hybridized carbons (Fsp3) is 0.938. The highest BCUT2D eigenvalue weighted by Crippen LogP contribution is 2.56. The van der Waals surface area contributed by atoms with Crippen molar-refractivity contribution in [1.29, 1.82) is 0 Å². The normalized spacial score (nSPS) is 50.4. The van der Waals surface area contributed by atoms with Crippen molar-refractivity contribution in [2.45, 2.75) is 144 Å². The van der Waals surface area contributed by atoms with Crippen LogP contribution < -0.4 is 0 Å². The maximum absolute atomic E-state index is 10.7. The molecule has 3 aliphatic heterocycles. The Morgan fingerprint density at radius 1 is 0.875 bits per heavy atom. The van der Waals surface area contributed by atoms with Crippen molar-refractivity contribution in [1.82, 2.24) is 0 Å². The molecule has 0 amide bonds. The smallest absolute Gasteiger partial charge is 0.187 e. The van der Waals surface area contributed by atoms with Crippen molar-refractivity contribution in [2.24, 2.45) is 17.3 Å². The topological polar surface area (TPSA) is 258 Å². The molecular formula is C32H54O16. The number of rotatable bonds is 10. The van der Waals surface area contributed by atoms with E-state index in [1.807, 2.05) is 13.8 Å². The van der Waals surface area contributed by atoms with Gasteiger partial charge in [0, 0.05) is 0 Å². The minimum Gasteiger partial charge on any atom is -0.394 e. The average Bonchev–Trinajstić information content (AvgIpc) is 3.33. The molecule has 0 unspecified atom stereocenters. The molecule has 0 aromatic carbocycles. The van der Waals surface area contributed by atoms with Crippen LogP contribution in [0.5, 0.6) is 0 Å². The molecule has 10 N–H and O–H groups in total. The van der Waals surface area contributed by atoms with E-state index in [-0.39, 0.29) is 30.5 Å². The quantitative estimate of drug-likeness (QED) is 0.0808. The second-order valence-electron chi connectivity index (χ2n) is 15.2. The van der Waals surface area contributed by atoms with Crippen LogP contribution in [0.15, 0.2) is 12.2 Å². The van der Waals surface area contributed by atoms with Gasteiger partial charge in [-0.25, -0.2) is 0 Å². The van der Waals surface area contributed by atoms with Crippen LogP contribution in [0.3, 0.4) is 0 Å². The predicted octanol–water partition coefficient (Wildman–Crippen LogP) is -3.00. The number of aliphatic hydroxyl groups excluding tert-OH is 9. The van der Waals surface area contributed by atoms with E-state index in [4.69, 9.17) is 28.4 Å². The molecule has 3 saturated heterocycles. The van der Waals surface area contributed by atoms with Gasteiger partial charge in [-0.3, -0.25) is 0 Å². The van der Waals surface area contributed by atoms with Crippen LogP contribution in [0.4, 0.5) is 0 Å². The highest BCUT2D eigenvalue weighted by molar-refractivity contribution is 5.16. The standard InChI is InChI=1S/C32H54O16/c1-14-7-16(45-27-24(39)23(38)21(36)19(47-27)11-43-29-26(41)32(42,12-34)13-44-29)9-31(4)6-5-15(8-17(14)31)30(2,3)48-28-25(40)22(37)20(35)18(10-33)46-28/h15-29,33-42H,1,5-13H2,2-4H3/t15-,16+,17+,18-,19-,20-,21-,22+,23+,24-,25-,26+,27-,28+,29-,31+,32-/m1/s1. The Kier molecular flexibility index (Phi) is 11.7. The minimum absolute atomic E-state index is 0.00814. The molecule has 0 aromatic rings. The van der Waals surface area contributed by atoms with E-state index < -0.39 is 104 Å². The third kappa shape index (κ3) is 7.37. The lowest BCUT2D eigenvalue weighted by atomic mass is 9.54. The summed E-state index contributed by atoms with van der Waals surface area (Å²) in [4.78, 5) is 0. The fourth-order valence-corrected chi connectivity index (χ4v) is 8.06. The number of ether oxygens (including phenoxy) is 6. The molecule has 0 spiro atoms. The van der Waals surface area contributed by atoms with E-state index in [1.54, 1.807) is 0 Å². The number of hydrogen-bond donors (Lipinski definition) is 10. The first kappa shape index (κ1) is 38.3. The van der Waals surface area contributed by atoms with Crippen LogP contribution >= 0.6 is 0 Å². The zero-order chi connectivity index (χ0) is 35.3. The molecule has 2 aliphatic carbocycles. The lowest BCUT2D eigenvalue weighted by Gasteiger charge is -2.54. The Labute approximate surface area is 279 Å². The SMILES string of the molecule is C=C1C[C@H](O[C@@H]2O[C@H](CO[C@@H]3OC[C@](O)(CO)[C@H]3O)[C@@H](O)[C@H](O)[C@H]2O)C[C@]2(C)CC[C@@H](C(C)(C)O[C@@H]3O[C@H](CO)[C@@H](O)[C@H](O)[C@H]3O)C[C@@H]12. The number of fused-ring (bicyclic) bond motifs is 1. The molecule has 2 saturated carbocycles. The van der Waals surface area contributed by atoms with Crippen LogP contribution in [0.25, 0.3) is 0 Å². The van der Waals surface area contributed by atoms with Gasteiger partial charge in [0.2, 0.25) is 0 Å². The van der Waals surface area contributed by atoms with Gasteiger partial charge in [0.05, 0.1) is 38.1 Å². The van der Waals surface area contributed by atoms with E-state index in [0.29, 0.717) is 19.3 Å². The average molecular weight is 695 g/mol. The van der Waals surface area contributed by atoms with Crippen LogP contribution in [-0.2, 0) is 28.4 Å². The van der Waals surface area contributed by atoms with Gasteiger partial charge in [-0.1, -0.05) is 19.1 Å². The third-order valence-corrected chi connectivity index (χ3v) is 11.4. The number of hydrogen-bond acceptors (Lipinski definition) is 16. The van der Waals surface area contributed by atoms with Crippen molar-refractivity contribution in [3.63, 3.8) is 0 Å². The Hall–Kier alpha value is -0.900. The largest absolute Gasteiger partial charge is 0.394 e. The van der Waals surface area contributed by atoms with Gasteiger partial charge in [-0.15, -0.1) is 0 Å². The Bertz CT molecular complexity index is 1110. The first-order chi connectivity index (χ1) is 22.4. The van der Waals surface area contributed by atoms with E-state index >= 15 is 0 Å². The molecule has 5 fully saturated rings. The summed E-state index contributed by atoms with van der Waals surface area (Å²) in [6.45, 7) is 8.23. The first-order valence-electron chi connectivity index (χ1n) is 16.7. The van der Waals surface area contributed by atoms with Crippen LogP contribution in [0.1, 0.15) is 52.9 Å². The van der Waals surface area contributed by atoms with Gasteiger partial charge in [0.15, 0.2) is 18.9 Å². The lowest BCUT2D eigenvalue weighted by Crippen LogP contribution is -2.61. The summed E-state index contributed by atoms with van der Waals surface area (Å²) < 4.78 is 34.6. The van der Waals surface area contributed by atoms with E-state index in [0.717, 1.165) is 18.4 Å². The summed E-state index contributed by atoms with van der Waals surface area (Å²) in [6, 6.07) is 0. The molecule has 48 heavy (non-hydrogen) atoms. The summed E-state index contributed by atoms with van der Waals surface area (Å²) in [5.74, 6) is 0.0868. The van der Waals surface area contributed by atoms with Gasteiger partial charge in [-0.05, 0) is 63.2 Å². The first-order valence-corrected chi connectivity index (χ1v) is 16.7. The molecule has 3 heterocycles. The number of aliphatic hydroxyl groups is 10. The van der Waals surface area contributed by atoms with Gasteiger partial charge in [0.1, 0.15) is 60.5 Å². The van der Waals surface area contributed by atoms with Crippen LogP contribution in [0, 0.1) is 17.3 Å². The summed E-state index contributed by atoms with van der Waals surface area (Å²) >= 11 is 0. The molecule has 0 bridgehead atoms. The van der Waals surface area contributed by atoms with Crippen LogP contribution in [-0.4, -0.2) is 169 Å². The summed E-state index contributed by atoms with van der Waals surface area (Å²) in [6.07, 6.45) is -14.2.